The maximum absolute atomic E-state index is 12.5. The van der Waals surface area contributed by atoms with Crippen LogP contribution < -0.4 is 4.90 Å². The van der Waals surface area contributed by atoms with Crippen molar-refractivity contribution in [2.24, 2.45) is 5.92 Å². The van der Waals surface area contributed by atoms with Gasteiger partial charge in [-0.2, -0.15) is 0 Å². The van der Waals surface area contributed by atoms with Crippen LogP contribution in [0.1, 0.15) is 6.42 Å². The predicted molar refractivity (Wildman–Crippen MR) is 89.7 cm³/mol. The van der Waals surface area contributed by atoms with Crippen LogP contribution in [-0.2, 0) is 16.0 Å². The van der Waals surface area contributed by atoms with Gasteiger partial charge >= 0.3 is 0 Å². The van der Waals surface area contributed by atoms with E-state index >= 15 is 0 Å². The minimum atomic E-state index is -0.877. The summed E-state index contributed by atoms with van der Waals surface area (Å²) in [4.78, 5) is 22.4. The first-order chi connectivity index (χ1) is 10.6. The van der Waals surface area contributed by atoms with Gasteiger partial charge < -0.3 is 9.45 Å². The number of hydrogen-bond donors (Lipinski definition) is 0. The smallest absolute Gasteiger partial charge is 0.235 e. The third-order valence-electron chi connectivity index (χ3n) is 3.54. The zero-order chi connectivity index (χ0) is 15.7. The van der Waals surface area contributed by atoms with Gasteiger partial charge in [0.2, 0.25) is 5.91 Å². The molecule has 3 heterocycles. The Labute approximate surface area is 140 Å². The molecule has 1 fully saturated rings. The molecule has 116 valence electrons. The van der Waals surface area contributed by atoms with Crippen molar-refractivity contribution in [3.63, 3.8) is 0 Å². The minimum absolute atomic E-state index is 0.0471. The highest BCUT2D eigenvalue weighted by Gasteiger charge is 2.35. The summed E-state index contributed by atoms with van der Waals surface area (Å²) in [6.45, 7) is 0. The second-order valence-corrected chi connectivity index (χ2v) is 8.01. The van der Waals surface area contributed by atoms with Crippen LogP contribution in [0.25, 0.3) is 10.6 Å². The van der Waals surface area contributed by atoms with E-state index in [1.54, 1.807) is 19.4 Å². The molecule has 3 rings (SSSR count). The number of nitrogens with zero attached hydrogens (tertiary/aromatic N) is 3. The van der Waals surface area contributed by atoms with Gasteiger partial charge in [-0.3, -0.25) is 9.78 Å². The van der Waals surface area contributed by atoms with Crippen molar-refractivity contribution in [2.45, 2.75) is 6.42 Å². The Bertz CT molecular complexity index is 680. The molecule has 1 aliphatic heterocycles. The fourth-order valence-electron chi connectivity index (χ4n) is 2.35. The molecular formula is C14H14ClN3O2S2. The topological polar surface area (TPSA) is 69.2 Å². The molecule has 2 unspecified atom stereocenters. The molecule has 2 aromatic rings. The average Bonchev–Trinajstić information content (AvgIpc) is 3.13. The quantitative estimate of drug-likeness (QED) is 0.793. The molecule has 8 heteroatoms. The maximum Gasteiger partial charge on any atom is 0.235 e. The predicted octanol–water partition coefficient (Wildman–Crippen LogP) is 2.59. The first-order valence-electron chi connectivity index (χ1n) is 6.75. The van der Waals surface area contributed by atoms with E-state index in [1.165, 1.54) is 16.2 Å². The molecular weight excluding hydrogens is 342 g/mol. The number of halogens is 1. The van der Waals surface area contributed by atoms with E-state index in [2.05, 4.69) is 9.97 Å². The van der Waals surface area contributed by atoms with Crippen molar-refractivity contribution in [1.82, 2.24) is 9.97 Å². The summed E-state index contributed by atoms with van der Waals surface area (Å²) in [7, 11) is 1.69. The van der Waals surface area contributed by atoms with Gasteiger partial charge in [0.05, 0.1) is 5.92 Å². The highest BCUT2D eigenvalue weighted by molar-refractivity contribution is 7.91. The van der Waals surface area contributed by atoms with E-state index in [9.17, 15) is 9.35 Å². The number of aromatic nitrogens is 2. The number of thiazole rings is 1. The van der Waals surface area contributed by atoms with Gasteiger partial charge in [-0.05, 0) is 12.1 Å². The number of pyridine rings is 1. The van der Waals surface area contributed by atoms with E-state index in [1.807, 2.05) is 12.1 Å². The van der Waals surface area contributed by atoms with Gasteiger partial charge in [0.25, 0.3) is 0 Å². The van der Waals surface area contributed by atoms with Crippen LogP contribution in [-0.4, -0.2) is 39.0 Å². The molecule has 0 N–H and O–H groups in total. The van der Waals surface area contributed by atoms with E-state index in [0.717, 1.165) is 10.6 Å². The molecule has 1 aliphatic rings. The standard InChI is InChI=1S/C14H14ClN3O2S2/c1-18(13(19)10-4-6-22(20)8-10)14-11(15)17-12(21-14)9-3-2-5-16-7-9/h2-3,5,7,10H,4,6,8H2,1H3. The van der Waals surface area contributed by atoms with E-state index in [4.69, 9.17) is 11.6 Å². The van der Waals surface area contributed by atoms with Crippen LogP contribution in [0.3, 0.4) is 0 Å². The van der Waals surface area contributed by atoms with E-state index in [0.29, 0.717) is 28.1 Å². The minimum Gasteiger partial charge on any atom is -0.616 e. The molecule has 5 nitrogen and oxygen atoms in total. The lowest BCUT2D eigenvalue weighted by Crippen LogP contribution is -2.33. The van der Waals surface area contributed by atoms with Crippen molar-refractivity contribution in [3.05, 3.63) is 29.7 Å². The summed E-state index contributed by atoms with van der Waals surface area (Å²) in [5.74, 6) is 0.802. The van der Waals surface area contributed by atoms with Crippen molar-refractivity contribution < 1.29 is 9.35 Å². The molecule has 0 aliphatic carbocycles. The molecule has 0 radical (unpaired) electrons. The Morgan fingerprint density at radius 1 is 1.59 bits per heavy atom. The van der Waals surface area contributed by atoms with Crippen LogP contribution in [0.5, 0.6) is 0 Å². The lowest BCUT2D eigenvalue weighted by atomic mass is 10.1. The molecule has 0 spiro atoms. The number of hydrogen-bond acceptors (Lipinski definition) is 5. The molecule has 0 saturated carbocycles. The summed E-state index contributed by atoms with van der Waals surface area (Å²) in [6, 6.07) is 3.72. The molecule has 1 amide bonds. The number of rotatable bonds is 3. The second kappa shape index (κ2) is 6.54. The Kier molecular flexibility index (Phi) is 4.67. The molecule has 0 bridgehead atoms. The third kappa shape index (κ3) is 3.12. The molecule has 0 aromatic carbocycles. The zero-order valence-electron chi connectivity index (χ0n) is 11.9. The fraction of sp³-hybridized carbons (Fsp3) is 0.357. The normalized spacial score (nSPS) is 21.0. The summed E-state index contributed by atoms with van der Waals surface area (Å²) in [6.07, 6.45) is 4.07. The lowest BCUT2D eigenvalue weighted by Gasteiger charge is -2.18. The largest absolute Gasteiger partial charge is 0.616 e. The van der Waals surface area contributed by atoms with Crippen molar-refractivity contribution in [1.29, 1.82) is 0 Å². The molecule has 2 aromatic heterocycles. The van der Waals surface area contributed by atoms with Crippen molar-refractivity contribution >= 4 is 45.0 Å². The van der Waals surface area contributed by atoms with Crippen LogP contribution in [0.15, 0.2) is 24.5 Å². The highest BCUT2D eigenvalue weighted by atomic mass is 35.5. The number of amides is 1. The maximum atomic E-state index is 12.5. The summed E-state index contributed by atoms with van der Waals surface area (Å²) < 4.78 is 11.5. The Morgan fingerprint density at radius 3 is 3.05 bits per heavy atom. The number of carbonyl (C=O) groups excluding carboxylic acids is 1. The number of anilines is 1. The van der Waals surface area contributed by atoms with Crippen LogP contribution in [0.2, 0.25) is 5.15 Å². The van der Waals surface area contributed by atoms with E-state index in [-0.39, 0.29) is 11.8 Å². The van der Waals surface area contributed by atoms with Gasteiger partial charge in [-0.15, -0.1) is 0 Å². The average molecular weight is 356 g/mol. The third-order valence-corrected chi connectivity index (χ3v) is 6.57. The zero-order valence-corrected chi connectivity index (χ0v) is 14.2. The van der Waals surface area contributed by atoms with Gasteiger partial charge in [-0.1, -0.05) is 34.1 Å². The SMILES string of the molecule is CN(C(=O)C1CC[S+]([O-])C1)c1sc(-c2cccnc2)nc1Cl. The van der Waals surface area contributed by atoms with Gasteiger partial charge in [0.1, 0.15) is 21.5 Å². The van der Waals surface area contributed by atoms with Gasteiger partial charge in [0, 0.05) is 31.4 Å². The van der Waals surface area contributed by atoms with Gasteiger partial charge in [0.15, 0.2) is 5.15 Å². The molecule has 2 atom stereocenters. The van der Waals surface area contributed by atoms with Crippen LogP contribution >= 0.6 is 22.9 Å². The molecule has 22 heavy (non-hydrogen) atoms. The first kappa shape index (κ1) is 15.7. The Morgan fingerprint density at radius 2 is 2.41 bits per heavy atom. The van der Waals surface area contributed by atoms with Crippen molar-refractivity contribution in [3.8, 4) is 10.6 Å². The summed E-state index contributed by atoms with van der Waals surface area (Å²) in [5.41, 5.74) is 0.864. The monoisotopic (exact) mass is 355 g/mol. The Hall–Kier alpha value is -1.15. The first-order valence-corrected chi connectivity index (χ1v) is 9.44. The van der Waals surface area contributed by atoms with Crippen LogP contribution in [0.4, 0.5) is 5.00 Å². The second-order valence-electron chi connectivity index (χ2n) is 5.05. The number of carbonyl (C=O) groups is 1. The van der Waals surface area contributed by atoms with Crippen LogP contribution in [0, 0.1) is 5.92 Å². The van der Waals surface area contributed by atoms with Gasteiger partial charge in [-0.25, -0.2) is 4.98 Å². The summed E-state index contributed by atoms with van der Waals surface area (Å²) in [5, 5.41) is 1.64. The fourth-order valence-corrected chi connectivity index (χ4v) is 5.11. The lowest BCUT2D eigenvalue weighted by molar-refractivity contribution is -0.121. The Balaban J connectivity index is 1.82. The summed E-state index contributed by atoms with van der Waals surface area (Å²) >= 11 is 6.67. The van der Waals surface area contributed by atoms with Crippen molar-refractivity contribution in [2.75, 3.05) is 23.5 Å². The molecule has 1 saturated heterocycles. The highest BCUT2D eigenvalue weighted by Crippen LogP contribution is 2.38. The van der Waals surface area contributed by atoms with E-state index < -0.39 is 11.2 Å².